The van der Waals surface area contributed by atoms with E-state index in [9.17, 15) is 0 Å². The SMILES string of the molecule is NC(=S)NCCl. The molecule has 0 aromatic rings. The number of nitrogens with two attached hydrogens (primary N) is 1. The third kappa shape index (κ3) is 3.98. The molecule has 0 rings (SSSR count). The Kier molecular flexibility index (Phi) is 3.17. The topological polar surface area (TPSA) is 38.0 Å². The number of alkyl halides is 1. The van der Waals surface area contributed by atoms with Crippen LogP contribution in [0.15, 0.2) is 0 Å². The number of hydrogen-bond donors (Lipinski definition) is 2. The molecule has 0 bridgehead atoms. The quantitative estimate of drug-likeness (QED) is 0.294. The Balaban J connectivity index is 2.83. The van der Waals surface area contributed by atoms with Gasteiger partial charge in [0.2, 0.25) is 0 Å². The van der Waals surface area contributed by atoms with E-state index >= 15 is 0 Å². The minimum atomic E-state index is 0.241. The van der Waals surface area contributed by atoms with Gasteiger partial charge < -0.3 is 11.1 Å². The summed E-state index contributed by atoms with van der Waals surface area (Å²) < 4.78 is 0. The molecular weight excluding hydrogens is 120 g/mol. The molecule has 0 amide bonds. The molecule has 0 aromatic carbocycles. The van der Waals surface area contributed by atoms with Crippen LogP contribution in [0.2, 0.25) is 0 Å². The minimum Gasteiger partial charge on any atom is -0.376 e. The van der Waals surface area contributed by atoms with Gasteiger partial charge in [-0.05, 0) is 12.2 Å². The molecular formula is C2H5ClN2S. The average Bonchev–Trinajstić information content (AvgIpc) is 1.35. The van der Waals surface area contributed by atoms with Crippen LogP contribution < -0.4 is 11.1 Å². The van der Waals surface area contributed by atoms with E-state index in [1.54, 1.807) is 0 Å². The minimum absolute atomic E-state index is 0.241. The maximum Gasteiger partial charge on any atom is 0.164 e. The smallest absolute Gasteiger partial charge is 0.164 e. The average molecular weight is 125 g/mol. The molecule has 0 radical (unpaired) electrons. The lowest BCUT2D eigenvalue weighted by Crippen LogP contribution is -2.27. The van der Waals surface area contributed by atoms with Crippen LogP contribution in [0.3, 0.4) is 0 Å². The lowest BCUT2D eigenvalue weighted by molar-refractivity contribution is 1.13. The molecule has 36 valence electrons. The van der Waals surface area contributed by atoms with Crippen LogP contribution >= 0.6 is 23.8 Å². The fourth-order valence-electron chi connectivity index (χ4n) is 0.0659. The number of hydrogen-bond acceptors (Lipinski definition) is 1. The molecule has 0 atom stereocenters. The van der Waals surface area contributed by atoms with Crippen molar-refractivity contribution in [3.63, 3.8) is 0 Å². The van der Waals surface area contributed by atoms with E-state index in [0.717, 1.165) is 0 Å². The zero-order valence-corrected chi connectivity index (χ0v) is 4.64. The molecule has 3 N–H and O–H groups in total. The largest absolute Gasteiger partial charge is 0.376 e. The highest BCUT2D eigenvalue weighted by molar-refractivity contribution is 7.80. The molecule has 0 saturated heterocycles. The summed E-state index contributed by atoms with van der Waals surface area (Å²) in [5.41, 5.74) is 4.94. The first kappa shape index (κ1) is 5.98. The summed E-state index contributed by atoms with van der Waals surface area (Å²) in [6, 6.07) is 0.287. The first-order valence-corrected chi connectivity index (χ1v) is 2.31. The number of thiocarbonyl (C=S) groups is 1. The predicted octanol–water partition coefficient (Wildman–Crippen LogP) is 0.0159. The molecule has 0 saturated carbocycles. The molecule has 0 aliphatic heterocycles. The summed E-state index contributed by atoms with van der Waals surface area (Å²) in [4.78, 5) is 0. The van der Waals surface area contributed by atoms with Crippen molar-refractivity contribution in [3.8, 4) is 0 Å². The second-order valence-corrected chi connectivity index (χ2v) is 1.38. The number of halogens is 1. The lowest BCUT2D eigenvalue weighted by atomic mass is 11.1. The highest BCUT2D eigenvalue weighted by atomic mass is 35.5. The van der Waals surface area contributed by atoms with Crippen molar-refractivity contribution in [1.29, 1.82) is 0 Å². The molecule has 6 heavy (non-hydrogen) atoms. The van der Waals surface area contributed by atoms with Gasteiger partial charge in [0.1, 0.15) is 0 Å². The molecule has 0 aliphatic carbocycles. The van der Waals surface area contributed by atoms with Crippen LogP contribution in [0.4, 0.5) is 0 Å². The van der Waals surface area contributed by atoms with E-state index in [1.807, 2.05) is 0 Å². The molecule has 0 heterocycles. The first-order valence-electron chi connectivity index (χ1n) is 1.36. The zero-order chi connectivity index (χ0) is 4.99. The fourth-order valence-corrected chi connectivity index (χ4v) is 0.361. The van der Waals surface area contributed by atoms with Crippen LogP contribution in [0.25, 0.3) is 0 Å². The van der Waals surface area contributed by atoms with E-state index < -0.39 is 0 Å². The van der Waals surface area contributed by atoms with E-state index in [4.69, 9.17) is 17.3 Å². The number of nitrogens with one attached hydrogen (secondary N) is 1. The van der Waals surface area contributed by atoms with Crippen molar-refractivity contribution in [2.24, 2.45) is 5.73 Å². The van der Waals surface area contributed by atoms with Gasteiger partial charge in [-0.1, -0.05) is 0 Å². The van der Waals surface area contributed by atoms with Crippen molar-refractivity contribution >= 4 is 28.9 Å². The highest BCUT2D eigenvalue weighted by Gasteiger charge is 1.75. The molecule has 0 aromatic heterocycles. The van der Waals surface area contributed by atoms with Gasteiger partial charge >= 0.3 is 0 Å². The van der Waals surface area contributed by atoms with Gasteiger partial charge in [0.05, 0.1) is 6.00 Å². The Labute approximate surface area is 46.7 Å². The van der Waals surface area contributed by atoms with Gasteiger partial charge in [-0.15, -0.1) is 11.6 Å². The van der Waals surface area contributed by atoms with Crippen molar-refractivity contribution in [3.05, 3.63) is 0 Å². The predicted molar refractivity (Wildman–Crippen MR) is 30.6 cm³/mol. The summed E-state index contributed by atoms with van der Waals surface area (Å²) in [5, 5.41) is 2.72. The van der Waals surface area contributed by atoms with E-state index in [2.05, 4.69) is 17.5 Å². The fraction of sp³-hybridized carbons (Fsp3) is 0.500. The standard InChI is InChI=1S/C2H5ClN2S/c3-1-5-2(4)6/h1H2,(H3,4,5,6). The Bertz CT molecular complexity index is 55.5. The Morgan fingerprint density at radius 1 is 2.00 bits per heavy atom. The normalized spacial score (nSPS) is 7.50. The van der Waals surface area contributed by atoms with Gasteiger partial charge in [0.15, 0.2) is 5.11 Å². The lowest BCUT2D eigenvalue weighted by Gasteiger charge is -1.91. The molecule has 4 heteroatoms. The molecule has 0 fully saturated rings. The second kappa shape index (κ2) is 3.18. The van der Waals surface area contributed by atoms with E-state index in [0.29, 0.717) is 0 Å². The van der Waals surface area contributed by atoms with E-state index in [-0.39, 0.29) is 11.1 Å². The van der Waals surface area contributed by atoms with Gasteiger partial charge in [0.25, 0.3) is 0 Å². The van der Waals surface area contributed by atoms with Crippen LogP contribution in [0.5, 0.6) is 0 Å². The van der Waals surface area contributed by atoms with Gasteiger partial charge in [-0.3, -0.25) is 0 Å². The summed E-state index contributed by atoms with van der Waals surface area (Å²) in [5.74, 6) is 0. The van der Waals surface area contributed by atoms with Crippen molar-refractivity contribution in [2.75, 3.05) is 6.00 Å². The first-order chi connectivity index (χ1) is 2.77. The van der Waals surface area contributed by atoms with Crippen molar-refractivity contribution < 1.29 is 0 Å². The van der Waals surface area contributed by atoms with Gasteiger partial charge in [-0.25, -0.2) is 0 Å². The summed E-state index contributed by atoms with van der Waals surface area (Å²) >= 11 is 9.49. The third-order valence-electron chi connectivity index (χ3n) is 0.241. The summed E-state index contributed by atoms with van der Waals surface area (Å²) in [6.07, 6.45) is 0. The highest BCUT2D eigenvalue weighted by Crippen LogP contribution is 1.62. The van der Waals surface area contributed by atoms with Crippen LogP contribution in [-0.4, -0.2) is 11.1 Å². The van der Waals surface area contributed by atoms with Crippen LogP contribution in [-0.2, 0) is 0 Å². The maximum atomic E-state index is 5.12. The van der Waals surface area contributed by atoms with E-state index in [1.165, 1.54) is 0 Å². The molecule has 2 nitrogen and oxygen atoms in total. The Morgan fingerprint density at radius 3 is 2.50 bits per heavy atom. The molecule has 0 unspecified atom stereocenters. The van der Waals surface area contributed by atoms with Crippen LogP contribution in [0, 0.1) is 0 Å². The van der Waals surface area contributed by atoms with Gasteiger partial charge in [-0.2, -0.15) is 0 Å². The maximum absolute atomic E-state index is 5.12. The Morgan fingerprint density at radius 2 is 2.50 bits per heavy atom. The van der Waals surface area contributed by atoms with Crippen LogP contribution in [0.1, 0.15) is 0 Å². The summed E-state index contributed by atoms with van der Waals surface area (Å²) in [7, 11) is 0. The van der Waals surface area contributed by atoms with Crippen molar-refractivity contribution in [2.45, 2.75) is 0 Å². The van der Waals surface area contributed by atoms with Gasteiger partial charge in [0, 0.05) is 0 Å². The Hall–Kier alpha value is -0.0200. The zero-order valence-electron chi connectivity index (χ0n) is 3.07. The monoisotopic (exact) mass is 124 g/mol. The molecule has 0 aliphatic rings. The second-order valence-electron chi connectivity index (χ2n) is 0.675. The third-order valence-corrected chi connectivity index (χ3v) is 0.519. The van der Waals surface area contributed by atoms with Crippen molar-refractivity contribution in [1.82, 2.24) is 5.32 Å². The summed E-state index contributed by atoms with van der Waals surface area (Å²) in [6.45, 7) is 0. The number of rotatable bonds is 1. The molecule has 0 spiro atoms.